The molecule has 1 aliphatic rings. The Morgan fingerprint density at radius 2 is 2.14 bits per heavy atom. The molecule has 1 fully saturated rings. The van der Waals surface area contributed by atoms with Gasteiger partial charge in [-0.05, 0) is 27.7 Å². The lowest BCUT2D eigenvalue weighted by Crippen LogP contribution is -2.43. The third-order valence-electron chi connectivity index (χ3n) is 3.51. The van der Waals surface area contributed by atoms with Crippen molar-refractivity contribution in [1.29, 1.82) is 0 Å². The quantitative estimate of drug-likeness (QED) is 0.905. The Hall–Kier alpha value is -1.50. The lowest BCUT2D eigenvalue weighted by atomic mass is 10.1. The van der Waals surface area contributed by atoms with Crippen LogP contribution in [0.15, 0.2) is 0 Å². The van der Waals surface area contributed by atoms with Gasteiger partial charge in [0, 0.05) is 31.5 Å². The number of rotatable bonds is 4. The summed E-state index contributed by atoms with van der Waals surface area (Å²) < 4.78 is 0. The molecular formula is C14H22N4O2S. The molecular weight excluding hydrogens is 288 g/mol. The Morgan fingerprint density at radius 1 is 1.43 bits per heavy atom. The average Bonchev–Trinajstić information content (AvgIpc) is 2.95. The second-order valence-corrected chi connectivity index (χ2v) is 7.60. The largest absolute Gasteiger partial charge is 0.355 e. The molecule has 0 aromatic carbocycles. The average molecular weight is 310 g/mol. The van der Waals surface area contributed by atoms with Gasteiger partial charge in [0.25, 0.3) is 0 Å². The van der Waals surface area contributed by atoms with Crippen LogP contribution in [0.3, 0.4) is 0 Å². The molecule has 116 valence electrons. The molecule has 1 saturated heterocycles. The highest BCUT2D eigenvalue weighted by atomic mass is 32.1. The van der Waals surface area contributed by atoms with Gasteiger partial charge >= 0.3 is 0 Å². The van der Waals surface area contributed by atoms with Crippen LogP contribution in [0.1, 0.15) is 37.2 Å². The summed E-state index contributed by atoms with van der Waals surface area (Å²) in [6.07, 6.45) is 0.988. The summed E-state index contributed by atoms with van der Waals surface area (Å²) in [7, 11) is 0. The number of amides is 2. The molecule has 2 amide bonds. The van der Waals surface area contributed by atoms with Gasteiger partial charge in [0.15, 0.2) is 0 Å². The Bertz CT molecular complexity index is 535. The van der Waals surface area contributed by atoms with E-state index < -0.39 is 0 Å². The lowest BCUT2D eigenvalue weighted by Gasteiger charge is -2.31. The van der Waals surface area contributed by atoms with Crippen LogP contribution in [0, 0.1) is 12.8 Å². The smallest absolute Gasteiger partial charge is 0.225 e. The van der Waals surface area contributed by atoms with Crippen LogP contribution < -0.4 is 5.32 Å². The predicted molar refractivity (Wildman–Crippen MR) is 80.9 cm³/mol. The van der Waals surface area contributed by atoms with Gasteiger partial charge in [0.1, 0.15) is 10.0 Å². The molecule has 0 saturated carbocycles. The van der Waals surface area contributed by atoms with E-state index in [1.54, 1.807) is 4.90 Å². The van der Waals surface area contributed by atoms with E-state index in [-0.39, 0.29) is 23.3 Å². The standard InChI is InChI=1S/C14H22N4O2S/c1-9-16-17-11(21-9)5-6-15-13(20)10-7-12(19)18(8-10)14(2,3)4/h10H,5-8H2,1-4H3,(H,15,20)/t10-/m0/s1. The van der Waals surface area contributed by atoms with E-state index in [9.17, 15) is 9.59 Å². The molecule has 1 atom stereocenters. The first-order valence-corrected chi connectivity index (χ1v) is 7.96. The van der Waals surface area contributed by atoms with Crippen molar-refractivity contribution >= 4 is 23.2 Å². The van der Waals surface area contributed by atoms with E-state index in [2.05, 4.69) is 15.5 Å². The van der Waals surface area contributed by atoms with Crippen LogP contribution >= 0.6 is 11.3 Å². The molecule has 2 rings (SSSR count). The molecule has 21 heavy (non-hydrogen) atoms. The SMILES string of the molecule is Cc1nnc(CCNC(=O)[C@H]2CC(=O)N(C(C)(C)C)C2)s1. The summed E-state index contributed by atoms with van der Waals surface area (Å²) in [5.74, 6) is -0.230. The first-order valence-electron chi connectivity index (χ1n) is 7.14. The number of carbonyl (C=O) groups is 2. The van der Waals surface area contributed by atoms with Crippen molar-refractivity contribution in [3.05, 3.63) is 10.0 Å². The third-order valence-corrected chi connectivity index (χ3v) is 4.41. The maximum atomic E-state index is 12.1. The van der Waals surface area contributed by atoms with Crippen LogP contribution in [0.25, 0.3) is 0 Å². The fraction of sp³-hybridized carbons (Fsp3) is 0.714. The number of likely N-dealkylation sites (tertiary alicyclic amines) is 1. The van der Waals surface area contributed by atoms with E-state index >= 15 is 0 Å². The van der Waals surface area contributed by atoms with Gasteiger partial charge in [-0.15, -0.1) is 21.5 Å². The van der Waals surface area contributed by atoms with Crippen molar-refractivity contribution < 1.29 is 9.59 Å². The van der Waals surface area contributed by atoms with Gasteiger partial charge in [0.05, 0.1) is 5.92 Å². The zero-order valence-electron chi connectivity index (χ0n) is 13.0. The third kappa shape index (κ3) is 4.00. The van der Waals surface area contributed by atoms with Crippen LogP contribution in [-0.2, 0) is 16.0 Å². The predicted octanol–water partition coefficient (Wildman–Crippen LogP) is 1.15. The molecule has 7 heteroatoms. The van der Waals surface area contributed by atoms with E-state index in [0.29, 0.717) is 25.9 Å². The zero-order valence-corrected chi connectivity index (χ0v) is 13.8. The maximum absolute atomic E-state index is 12.1. The number of carbonyl (C=O) groups excluding carboxylic acids is 2. The van der Waals surface area contributed by atoms with Gasteiger partial charge in [-0.2, -0.15) is 0 Å². The van der Waals surface area contributed by atoms with E-state index in [1.807, 2.05) is 27.7 Å². The molecule has 1 aromatic heterocycles. The van der Waals surface area contributed by atoms with E-state index in [0.717, 1.165) is 10.0 Å². The van der Waals surface area contributed by atoms with Crippen molar-refractivity contribution in [2.45, 2.75) is 46.1 Å². The second-order valence-electron chi connectivity index (χ2n) is 6.33. The highest BCUT2D eigenvalue weighted by Gasteiger charge is 2.39. The summed E-state index contributed by atoms with van der Waals surface area (Å²) in [5, 5.41) is 12.7. The van der Waals surface area contributed by atoms with Crippen LogP contribution in [0.5, 0.6) is 0 Å². The molecule has 0 unspecified atom stereocenters. The monoisotopic (exact) mass is 310 g/mol. The number of nitrogens with zero attached hydrogens (tertiary/aromatic N) is 3. The van der Waals surface area contributed by atoms with Gasteiger partial charge in [0.2, 0.25) is 11.8 Å². The molecule has 0 aliphatic carbocycles. The van der Waals surface area contributed by atoms with Gasteiger partial charge in [-0.25, -0.2) is 0 Å². The summed E-state index contributed by atoms with van der Waals surface area (Å²) in [6, 6.07) is 0. The van der Waals surface area contributed by atoms with Crippen LogP contribution in [0.2, 0.25) is 0 Å². The van der Waals surface area contributed by atoms with Crippen LogP contribution in [0.4, 0.5) is 0 Å². The van der Waals surface area contributed by atoms with Crippen molar-refractivity contribution in [3.63, 3.8) is 0 Å². The minimum Gasteiger partial charge on any atom is -0.355 e. The molecule has 6 nitrogen and oxygen atoms in total. The molecule has 0 radical (unpaired) electrons. The fourth-order valence-electron chi connectivity index (χ4n) is 2.41. The number of aromatic nitrogens is 2. The molecule has 0 bridgehead atoms. The lowest BCUT2D eigenvalue weighted by molar-refractivity contribution is -0.132. The maximum Gasteiger partial charge on any atom is 0.225 e. The number of aryl methyl sites for hydroxylation is 1. The van der Waals surface area contributed by atoms with Crippen molar-refractivity contribution in [3.8, 4) is 0 Å². The van der Waals surface area contributed by atoms with Crippen molar-refractivity contribution in [2.75, 3.05) is 13.1 Å². The number of hydrogen-bond donors (Lipinski definition) is 1. The van der Waals surface area contributed by atoms with Gasteiger partial charge in [-0.3, -0.25) is 9.59 Å². The highest BCUT2D eigenvalue weighted by molar-refractivity contribution is 7.11. The van der Waals surface area contributed by atoms with E-state index in [1.165, 1.54) is 11.3 Å². The second kappa shape index (κ2) is 6.09. The summed E-state index contributed by atoms with van der Waals surface area (Å²) in [4.78, 5) is 25.9. The molecule has 1 N–H and O–H groups in total. The first kappa shape index (κ1) is 15.9. The van der Waals surface area contributed by atoms with Crippen LogP contribution in [-0.4, -0.2) is 45.5 Å². The van der Waals surface area contributed by atoms with Crippen molar-refractivity contribution in [1.82, 2.24) is 20.4 Å². The topological polar surface area (TPSA) is 75.2 Å². The number of hydrogen-bond acceptors (Lipinski definition) is 5. The first-order chi connectivity index (χ1) is 9.77. The van der Waals surface area contributed by atoms with Gasteiger partial charge < -0.3 is 10.2 Å². The minimum absolute atomic E-state index is 0.0451. The molecule has 0 spiro atoms. The Kier molecular flexibility index (Phi) is 4.61. The molecule has 1 aliphatic heterocycles. The van der Waals surface area contributed by atoms with E-state index in [4.69, 9.17) is 0 Å². The normalized spacial score (nSPS) is 19.1. The summed E-state index contributed by atoms with van der Waals surface area (Å²) in [6.45, 7) is 8.92. The Labute approximate surface area is 128 Å². The summed E-state index contributed by atoms with van der Waals surface area (Å²) >= 11 is 1.54. The number of nitrogens with one attached hydrogen (secondary N) is 1. The highest BCUT2D eigenvalue weighted by Crippen LogP contribution is 2.25. The fourth-order valence-corrected chi connectivity index (χ4v) is 3.12. The zero-order chi connectivity index (χ0) is 15.6. The molecule has 1 aromatic rings. The summed E-state index contributed by atoms with van der Waals surface area (Å²) in [5.41, 5.74) is -0.226. The van der Waals surface area contributed by atoms with Gasteiger partial charge in [-0.1, -0.05) is 0 Å². The Morgan fingerprint density at radius 3 is 2.67 bits per heavy atom. The minimum atomic E-state index is -0.243. The van der Waals surface area contributed by atoms with Crippen molar-refractivity contribution in [2.24, 2.45) is 5.92 Å². The Balaban J connectivity index is 1.80. The molecule has 2 heterocycles.